The fourth-order valence-electron chi connectivity index (χ4n) is 0.854. The van der Waals surface area contributed by atoms with Crippen molar-refractivity contribution in [3.05, 3.63) is 35.8 Å². The molecule has 0 saturated heterocycles. The second-order valence-electron chi connectivity index (χ2n) is 2.15. The molecule has 0 aromatic carbocycles. The first-order chi connectivity index (χ1) is 4.84. The molecule has 1 aliphatic heterocycles. The van der Waals surface area contributed by atoms with Crippen LogP contribution < -0.4 is 11.1 Å². The largest absolute Gasteiger partial charge is 0.397 e. The highest BCUT2D eigenvalue weighted by Gasteiger charge is 1.96. The maximum atomic E-state index is 5.68. The van der Waals surface area contributed by atoms with Crippen LogP contribution in [0.5, 0.6) is 0 Å². The van der Waals surface area contributed by atoms with E-state index in [1.54, 1.807) is 0 Å². The van der Waals surface area contributed by atoms with E-state index in [9.17, 15) is 0 Å². The fourth-order valence-corrected chi connectivity index (χ4v) is 0.854. The number of nitrogens with two attached hydrogens (primary N) is 1. The minimum absolute atomic E-state index is 0.826. The van der Waals surface area contributed by atoms with Crippen LogP contribution in [0, 0.1) is 0 Å². The van der Waals surface area contributed by atoms with Crippen molar-refractivity contribution in [2.45, 2.75) is 13.3 Å². The predicted octanol–water partition coefficient (Wildman–Crippen LogP) is 1.24. The van der Waals surface area contributed by atoms with Crippen molar-refractivity contribution in [2.75, 3.05) is 0 Å². The van der Waals surface area contributed by atoms with Crippen molar-refractivity contribution in [2.24, 2.45) is 5.73 Å². The van der Waals surface area contributed by atoms with Gasteiger partial charge in [0.15, 0.2) is 0 Å². The zero-order chi connectivity index (χ0) is 7.40. The van der Waals surface area contributed by atoms with Crippen molar-refractivity contribution in [1.82, 2.24) is 5.32 Å². The summed E-state index contributed by atoms with van der Waals surface area (Å²) >= 11 is 0. The van der Waals surface area contributed by atoms with Crippen LogP contribution in [0.3, 0.4) is 0 Å². The van der Waals surface area contributed by atoms with E-state index in [0.717, 1.165) is 17.8 Å². The highest BCUT2D eigenvalue weighted by Crippen LogP contribution is 2.04. The lowest BCUT2D eigenvalue weighted by molar-refractivity contribution is 0.922. The molecule has 0 spiro atoms. The average molecular weight is 136 g/mol. The van der Waals surface area contributed by atoms with Gasteiger partial charge >= 0.3 is 0 Å². The Labute approximate surface area is 61.1 Å². The molecule has 0 atom stereocenters. The standard InChI is InChI=1S/C8H12N2/c1-2-8-7(9)5-3-4-6-10-8/h3-6,10H,2,9H2,1H3. The molecule has 2 nitrogen and oxygen atoms in total. The van der Waals surface area contributed by atoms with E-state index in [4.69, 9.17) is 5.73 Å². The number of nitrogens with one attached hydrogen (secondary N) is 1. The molecule has 0 aliphatic carbocycles. The molecule has 0 saturated carbocycles. The Morgan fingerprint density at radius 3 is 3.00 bits per heavy atom. The summed E-state index contributed by atoms with van der Waals surface area (Å²) in [5.74, 6) is 0. The molecule has 0 bridgehead atoms. The molecule has 1 aliphatic rings. The van der Waals surface area contributed by atoms with E-state index in [2.05, 4.69) is 12.2 Å². The minimum atomic E-state index is 0.826. The molecule has 0 fully saturated rings. The van der Waals surface area contributed by atoms with Gasteiger partial charge in [-0.1, -0.05) is 13.0 Å². The molecular formula is C8H12N2. The minimum Gasteiger partial charge on any atom is -0.397 e. The van der Waals surface area contributed by atoms with Crippen LogP contribution in [-0.4, -0.2) is 0 Å². The summed E-state index contributed by atoms with van der Waals surface area (Å²) in [7, 11) is 0. The lowest BCUT2D eigenvalue weighted by atomic mass is 10.2. The summed E-state index contributed by atoms with van der Waals surface area (Å²) < 4.78 is 0. The third-order valence-corrected chi connectivity index (χ3v) is 1.44. The van der Waals surface area contributed by atoms with Crippen molar-refractivity contribution in [1.29, 1.82) is 0 Å². The van der Waals surface area contributed by atoms with Gasteiger partial charge < -0.3 is 11.1 Å². The van der Waals surface area contributed by atoms with E-state index in [1.165, 1.54) is 0 Å². The van der Waals surface area contributed by atoms with Crippen molar-refractivity contribution < 1.29 is 0 Å². The first kappa shape index (κ1) is 6.93. The molecule has 1 rings (SSSR count). The zero-order valence-electron chi connectivity index (χ0n) is 6.09. The number of hydrogen-bond acceptors (Lipinski definition) is 2. The molecule has 2 heteroatoms. The molecule has 0 aromatic heterocycles. The van der Waals surface area contributed by atoms with Gasteiger partial charge in [0.2, 0.25) is 0 Å². The molecule has 0 amide bonds. The van der Waals surface area contributed by atoms with Gasteiger partial charge in [0, 0.05) is 11.9 Å². The van der Waals surface area contributed by atoms with Gasteiger partial charge in [0.05, 0.1) is 5.70 Å². The van der Waals surface area contributed by atoms with Gasteiger partial charge in [-0.05, 0) is 18.6 Å². The van der Waals surface area contributed by atoms with Gasteiger partial charge in [-0.15, -0.1) is 0 Å². The van der Waals surface area contributed by atoms with Crippen LogP contribution >= 0.6 is 0 Å². The van der Waals surface area contributed by atoms with E-state index in [1.807, 2.05) is 24.4 Å². The third kappa shape index (κ3) is 1.41. The molecule has 54 valence electrons. The number of allylic oxidation sites excluding steroid dienone is 4. The molecule has 1 heterocycles. The Morgan fingerprint density at radius 2 is 2.30 bits per heavy atom. The van der Waals surface area contributed by atoms with Gasteiger partial charge in [0.1, 0.15) is 0 Å². The summed E-state index contributed by atoms with van der Waals surface area (Å²) in [6.45, 7) is 2.07. The first-order valence-corrected chi connectivity index (χ1v) is 3.43. The monoisotopic (exact) mass is 136 g/mol. The van der Waals surface area contributed by atoms with Gasteiger partial charge in [-0.25, -0.2) is 0 Å². The number of hydrogen-bond donors (Lipinski definition) is 2. The summed E-state index contributed by atoms with van der Waals surface area (Å²) in [6.07, 6.45) is 8.57. The van der Waals surface area contributed by atoms with Gasteiger partial charge in [0.25, 0.3) is 0 Å². The second-order valence-corrected chi connectivity index (χ2v) is 2.15. The predicted molar refractivity (Wildman–Crippen MR) is 42.9 cm³/mol. The normalized spacial score (nSPS) is 16.9. The highest BCUT2D eigenvalue weighted by atomic mass is 14.9. The lowest BCUT2D eigenvalue weighted by Crippen LogP contribution is -2.09. The van der Waals surface area contributed by atoms with Crippen molar-refractivity contribution in [3.8, 4) is 0 Å². The third-order valence-electron chi connectivity index (χ3n) is 1.44. The van der Waals surface area contributed by atoms with E-state index < -0.39 is 0 Å². The lowest BCUT2D eigenvalue weighted by Gasteiger charge is -2.04. The highest BCUT2D eigenvalue weighted by molar-refractivity contribution is 5.28. The smallest absolute Gasteiger partial charge is 0.0510 e. The Bertz CT molecular complexity index is 199. The second kappa shape index (κ2) is 3.11. The molecule has 3 N–H and O–H groups in total. The van der Waals surface area contributed by atoms with E-state index >= 15 is 0 Å². The van der Waals surface area contributed by atoms with E-state index in [-0.39, 0.29) is 0 Å². The Morgan fingerprint density at radius 1 is 1.50 bits per heavy atom. The first-order valence-electron chi connectivity index (χ1n) is 3.43. The van der Waals surface area contributed by atoms with Crippen LogP contribution in [0.25, 0.3) is 0 Å². The Kier molecular flexibility index (Phi) is 2.15. The molecule has 10 heavy (non-hydrogen) atoms. The van der Waals surface area contributed by atoms with Crippen LogP contribution in [0.4, 0.5) is 0 Å². The summed E-state index contributed by atoms with van der Waals surface area (Å²) in [6, 6.07) is 0. The Balaban J connectivity index is 2.82. The quantitative estimate of drug-likeness (QED) is 0.569. The fraction of sp³-hybridized carbons (Fsp3) is 0.250. The van der Waals surface area contributed by atoms with Crippen LogP contribution in [-0.2, 0) is 0 Å². The topological polar surface area (TPSA) is 38.0 Å². The molecule has 0 unspecified atom stereocenters. The molecular weight excluding hydrogens is 124 g/mol. The maximum Gasteiger partial charge on any atom is 0.0510 e. The van der Waals surface area contributed by atoms with Crippen molar-refractivity contribution >= 4 is 0 Å². The number of rotatable bonds is 1. The van der Waals surface area contributed by atoms with E-state index in [0.29, 0.717) is 0 Å². The summed E-state index contributed by atoms with van der Waals surface area (Å²) in [5.41, 5.74) is 7.59. The summed E-state index contributed by atoms with van der Waals surface area (Å²) in [4.78, 5) is 0. The zero-order valence-corrected chi connectivity index (χ0v) is 6.09. The van der Waals surface area contributed by atoms with Crippen LogP contribution in [0.2, 0.25) is 0 Å². The molecule has 0 radical (unpaired) electrons. The summed E-state index contributed by atoms with van der Waals surface area (Å²) in [5, 5.41) is 3.09. The molecule has 0 aromatic rings. The Hall–Kier alpha value is -1.18. The maximum absolute atomic E-state index is 5.68. The van der Waals surface area contributed by atoms with Gasteiger partial charge in [-0.2, -0.15) is 0 Å². The van der Waals surface area contributed by atoms with Crippen molar-refractivity contribution in [3.63, 3.8) is 0 Å². The van der Waals surface area contributed by atoms with Gasteiger partial charge in [-0.3, -0.25) is 0 Å². The van der Waals surface area contributed by atoms with Crippen LogP contribution in [0.15, 0.2) is 35.8 Å². The van der Waals surface area contributed by atoms with Crippen LogP contribution in [0.1, 0.15) is 13.3 Å². The average Bonchev–Trinajstić information content (AvgIpc) is 2.13. The SMILES string of the molecule is CCC1=C(N)C=CC=CN1.